The SMILES string of the molecule is CCOC(=O)C1=CCCN(CC2=Cc3ccccc32)C1.Cl. The number of hydrogen-bond donors (Lipinski definition) is 0. The fourth-order valence-electron chi connectivity index (χ4n) is 2.79. The first-order valence-corrected chi connectivity index (χ1v) is 7.16. The highest BCUT2D eigenvalue weighted by molar-refractivity contribution is 5.96. The molecule has 0 radical (unpaired) electrons. The molecule has 21 heavy (non-hydrogen) atoms. The van der Waals surface area contributed by atoms with E-state index in [4.69, 9.17) is 4.74 Å². The van der Waals surface area contributed by atoms with Crippen LogP contribution in [0.3, 0.4) is 0 Å². The third-order valence-corrected chi connectivity index (χ3v) is 3.80. The van der Waals surface area contributed by atoms with E-state index in [1.165, 1.54) is 16.7 Å². The zero-order valence-corrected chi connectivity index (χ0v) is 13.0. The van der Waals surface area contributed by atoms with E-state index in [1.807, 2.05) is 13.0 Å². The zero-order valence-electron chi connectivity index (χ0n) is 12.2. The number of nitrogens with zero attached hydrogens (tertiary/aromatic N) is 1. The summed E-state index contributed by atoms with van der Waals surface area (Å²) < 4.78 is 5.08. The van der Waals surface area contributed by atoms with Crippen molar-refractivity contribution in [3.63, 3.8) is 0 Å². The lowest BCUT2D eigenvalue weighted by atomic mass is 9.88. The zero-order chi connectivity index (χ0) is 13.9. The van der Waals surface area contributed by atoms with Crippen LogP contribution in [-0.2, 0) is 9.53 Å². The molecule has 2 aliphatic rings. The molecule has 1 aliphatic heterocycles. The van der Waals surface area contributed by atoms with Gasteiger partial charge in [0.05, 0.1) is 6.61 Å². The maximum absolute atomic E-state index is 11.8. The molecular weight excluding hydrogens is 286 g/mol. The number of esters is 1. The standard InChI is InChI=1S/C17H19NO2.ClH/c1-2-20-17(19)14-7-5-9-18(11-14)12-15-10-13-6-3-4-8-16(13)15;/h3-4,6-8,10H,2,5,9,11-12H2,1H3;1H. The maximum atomic E-state index is 11.8. The van der Waals surface area contributed by atoms with Crippen molar-refractivity contribution < 1.29 is 9.53 Å². The first kappa shape index (κ1) is 15.8. The topological polar surface area (TPSA) is 29.5 Å². The average Bonchev–Trinajstić information content (AvgIpc) is 2.45. The number of benzene rings is 1. The van der Waals surface area contributed by atoms with Crippen molar-refractivity contribution in [2.24, 2.45) is 0 Å². The van der Waals surface area contributed by atoms with Crippen molar-refractivity contribution in [2.75, 3.05) is 26.2 Å². The van der Waals surface area contributed by atoms with Gasteiger partial charge in [-0.05, 0) is 36.1 Å². The lowest BCUT2D eigenvalue weighted by molar-refractivity contribution is -0.138. The average molecular weight is 306 g/mol. The summed E-state index contributed by atoms with van der Waals surface area (Å²) in [4.78, 5) is 14.1. The van der Waals surface area contributed by atoms with Gasteiger partial charge in [0.2, 0.25) is 0 Å². The molecule has 0 aromatic heterocycles. The van der Waals surface area contributed by atoms with Crippen LogP contribution in [0, 0.1) is 0 Å². The molecule has 0 amide bonds. The molecule has 3 nitrogen and oxygen atoms in total. The number of hydrogen-bond acceptors (Lipinski definition) is 3. The van der Waals surface area contributed by atoms with Gasteiger partial charge >= 0.3 is 5.97 Å². The van der Waals surface area contributed by atoms with E-state index in [0.29, 0.717) is 13.2 Å². The highest BCUT2D eigenvalue weighted by Crippen LogP contribution is 2.33. The van der Waals surface area contributed by atoms with E-state index >= 15 is 0 Å². The van der Waals surface area contributed by atoms with Crippen LogP contribution in [0.5, 0.6) is 0 Å². The molecular formula is C17H20ClNO2. The molecule has 0 unspecified atom stereocenters. The Morgan fingerprint density at radius 3 is 2.90 bits per heavy atom. The summed E-state index contributed by atoms with van der Waals surface area (Å²) in [5.41, 5.74) is 4.83. The number of carbonyl (C=O) groups is 1. The highest BCUT2D eigenvalue weighted by atomic mass is 35.5. The molecule has 112 valence electrons. The Morgan fingerprint density at radius 1 is 1.33 bits per heavy atom. The molecule has 0 saturated heterocycles. The summed E-state index contributed by atoms with van der Waals surface area (Å²) in [7, 11) is 0. The Morgan fingerprint density at radius 2 is 2.14 bits per heavy atom. The van der Waals surface area contributed by atoms with Gasteiger partial charge in [-0.3, -0.25) is 4.90 Å². The van der Waals surface area contributed by atoms with Crippen LogP contribution in [0.25, 0.3) is 11.6 Å². The van der Waals surface area contributed by atoms with Crippen LogP contribution in [0.4, 0.5) is 0 Å². The molecule has 0 atom stereocenters. The Balaban J connectivity index is 0.00000161. The molecule has 1 aliphatic carbocycles. The van der Waals surface area contributed by atoms with Gasteiger partial charge in [-0.1, -0.05) is 30.3 Å². The minimum atomic E-state index is -0.166. The van der Waals surface area contributed by atoms with Crippen molar-refractivity contribution in [1.29, 1.82) is 0 Å². The minimum absolute atomic E-state index is 0. The summed E-state index contributed by atoms with van der Waals surface area (Å²) in [5.74, 6) is -0.166. The van der Waals surface area contributed by atoms with Crippen molar-refractivity contribution in [3.8, 4) is 0 Å². The Hall–Kier alpha value is -1.58. The Kier molecular flexibility index (Phi) is 5.21. The van der Waals surface area contributed by atoms with E-state index in [9.17, 15) is 4.79 Å². The van der Waals surface area contributed by atoms with E-state index in [1.54, 1.807) is 0 Å². The van der Waals surface area contributed by atoms with E-state index in [-0.39, 0.29) is 18.4 Å². The second kappa shape index (κ2) is 6.92. The first-order chi connectivity index (χ1) is 9.78. The number of rotatable bonds is 4. The first-order valence-electron chi connectivity index (χ1n) is 7.16. The Labute approximate surface area is 131 Å². The smallest absolute Gasteiger partial charge is 0.334 e. The lowest BCUT2D eigenvalue weighted by Crippen LogP contribution is -2.34. The van der Waals surface area contributed by atoms with Crippen molar-refractivity contribution in [3.05, 3.63) is 47.0 Å². The van der Waals surface area contributed by atoms with Crippen LogP contribution in [0.1, 0.15) is 24.5 Å². The van der Waals surface area contributed by atoms with E-state index in [0.717, 1.165) is 25.1 Å². The van der Waals surface area contributed by atoms with Gasteiger partial charge in [0.25, 0.3) is 0 Å². The number of carbonyl (C=O) groups excluding carboxylic acids is 1. The van der Waals surface area contributed by atoms with Crippen LogP contribution < -0.4 is 0 Å². The normalized spacial score (nSPS) is 16.8. The summed E-state index contributed by atoms with van der Waals surface area (Å²) in [6, 6.07) is 8.44. The molecule has 0 N–H and O–H groups in total. The third kappa shape index (κ3) is 3.36. The molecule has 1 heterocycles. The quantitative estimate of drug-likeness (QED) is 0.800. The molecule has 0 spiro atoms. The third-order valence-electron chi connectivity index (χ3n) is 3.80. The number of halogens is 1. The summed E-state index contributed by atoms with van der Waals surface area (Å²) in [6.45, 7) is 4.89. The predicted molar refractivity (Wildman–Crippen MR) is 87.3 cm³/mol. The van der Waals surface area contributed by atoms with Gasteiger partial charge < -0.3 is 4.74 Å². The second-order valence-corrected chi connectivity index (χ2v) is 5.21. The molecule has 1 aromatic rings. The van der Waals surface area contributed by atoms with Crippen LogP contribution in [0.2, 0.25) is 0 Å². The monoisotopic (exact) mass is 305 g/mol. The predicted octanol–water partition coefficient (Wildman–Crippen LogP) is 3.16. The molecule has 3 rings (SSSR count). The van der Waals surface area contributed by atoms with Crippen LogP contribution in [0.15, 0.2) is 35.9 Å². The molecule has 0 bridgehead atoms. The van der Waals surface area contributed by atoms with Crippen molar-refractivity contribution >= 4 is 30.0 Å². The van der Waals surface area contributed by atoms with Crippen molar-refractivity contribution in [1.82, 2.24) is 4.90 Å². The summed E-state index contributed by atoms with van der Waals surface area (Å²) >= 11 is 0. The summed E-state index contributed by atoms with van der Waals surface area (Å²) in [6.07, 6.45) is 5.17. The highest BCUT2D eigenvalue weighted by Gasteiger charge is 2.22. The molecule has 0 saturated carbocycles. The fraction of sp³-hybridized carbons (Fsp3) is 0.353. The van der Waals surface area contributed by atoms with Gasteiger partial charge in [0.15, 0.2) is 0 Å². The van der Waals surface area contributed by atoms with Gasteiger partial charge in [0, 0.05) is 25.2 Å². The molecule has 0 fully saturated rings. The number of ether oxygens (including phenoxy) is 1. The van der Waals surface area contributed by atoms with Gasteiger partial charge in [0.1, 0.15) is 0 Å². The van der Waals surface area contributed by atoms with E-state index < -0.39 is 0 Å². The fourth-order valence-corrected chi connectivity index (χ4v) is 2.79. The second-order valence-electron chi connectivity index (χ2n) is 5.21. The summed E-state index contributed by atoms with van der Waals surface area (Å²) in [5, 5.41) is 0. The van der Waals surface area contributed by atoms with Crippen molar-refractivity contribution in [2.45, 2.75) is 13.3 Å². The van der Waals surface area contributed by atoms with Gasteiger partial charge in [-0.15, -0.1) is 12.4 Å². The number of fused-ring (bicyclic) bond motifs is 1. The lowest BCUT2D eigenvalue weighted by Gasteiger charge is -2.30. The molecule has 1 aromatic carbocycles. The van der Waals surface area contributed by atoms with Gasteiger partial charge in [-0.2, -0.15) is 0 Å². The maximum Gasteiger partial charge on any atom is 0.334 e. The Bertz CT molecular complexity index is 592. The minimum Gasteiger partial charge on any atom is -0.463 e. The molecule has 4 heteroatoms. The van der Waals surface area contributed by atoms with Crippen LogP contribution >= 0.6 is 12.4 Å². The largest absolute Gasteiger partial charge is 0.463 e. The van der Waals surface area contributed by atoms with E-state index in [2.05, 4.69) is 35.2 Å². The van der Waals surface area contributed by atoms with Crippen LogP contribution in [-0.4, -0.2) is 37.1 Å². The van der Waals surface area contributed by atoms with Gasteiger partial charge in [-0.25, -0.2) is 4.79 Å².